The van der Waals surface area contributed by atoms with Crippen LogP contribution in [0.4, 0.5) is 4.39 Å². The van der Waals surface area contributed by atoms with Crippen molar-refractivity contribution in [3.63, 3.8) is 0 Å². The minimum atomic E-state index is -1.08. The number of hydrogen-bond acceptors (Lipinski definition) is 3. The lowest BCUT2D eigenvalue weighted by Crippen LogP contribution is -2.32. The van der Waals surface area contributed by atoms with E-state index in [1.54, 1.807) is 19.2 Å². The van der Waals surface area contributed by atoms with E-state index in [0.717, 1.165) is 23.8 Å². The van der Waals surface area contributed by atoms with Crippen LogP contribution in [0, 0.1) is 5.82 Å². The second-order valence-electron chi connectivity index (χ2n) is 6.43. The van der Waals surface area contributed by atoms with Crippen LogP contribution in [0.1, 0.15) is 29.4 Å². The molecule has 0 amide bonds. The van der Waals surface area contributed by atoms with E-state index >= 15 is 0 Å². The molecule has 5 nitrogen and oxygen atoms in total. The number of methoxy groups -OCH3 is 1. The summed E-state index contributed by atoms with van der Waals surface area (Å²) in [5.74, 6) is -1.58. The molecule has 1 fully saturated rings. The summed E-state index contributed by atoms with van der Waals surface area (Å²) in [4.78, 5) is 15.6. The number of nitrogens with zero attached hydrogens (tertiary/aromatic N) is 2. The first-order valence-corrected chi connectivity index (χ1v) is 8.59. The van der Waals surface area contributed by atoms with Gasteiger partial charge in [0.15, 0.2) is 5.69 Å². The van der Waals surface area contributed by atoms with Crippen molar-refractivity contribution in [1.29, 1.82) is 0 Å². The summed E-state index contributed by atoms with van der Waals surface area (Å²) < 4.78 is 21.2. The number of fused-ring (bicyclic) bond motifs is 1. The lowest BCUT2D eigenvalue weighted by Gasteiger charge is -2.35. The van der Waals surface area contributed by atoms with Crippen molar-refractivity contribution in [3.8, 4) is 11.1 Å². The average Bonchev–Trinajstić information content (AvgIpc) is 2.95. The normalized spacial score (nSPS) is 19.5. The highest BCUT2D eigenvalue weighted by molar-refractivity contribution is 6.30. The van der Waals surface area contributed by atoms with E-state index in [9.17, 15) is 14.3 Å². The Balaban J connectivity index is 1.88. The van der Waals surface area contributed by atoms with Crippen LogP contribution in [0.3, 0.4) is 0 Å². The van der Waals surface area contributed by atoms with Crippen LogP contribution in [0.25, 0.3) is 22.2 Å². The zero-order valence-electron chi connectivity index (χ0n) is 13.9. The molecule has 2 heterocycles. The number of carboxylic acids is 1. The van der Waals surface area contributed by atoms with Gasteiger partial charge in [-0.3, -0.25) is 0 Å². The molecular formula is C19H16ClFN2O3. The zero-order chi connectivity index (χ0) is 18.4. The third-order valence-electron chi connectivity index (χ3n) is 4.92. The number of carbonyl (C=O) groups is 1. The molecule has 1 aliphatic rings. The Hall–Kier alpha value is -2.44. The molecule has 1 saturated carbocycles. The topological polar surface area (TPSA) is 64.3 Å². The van der Waals surface area contributed by atoms with Crippen molar-refractivity contribution in [1.82, 2.24) is 9.55 Å². The second kappa shape index (κ2) is 6.37. The SMILES string of the molecule is COC1CC(n2cc(-c3ccc(Cl)c(F)c3)c3ccc(C(=O)O)nc32)C1. The van der Waals surface area contributed by atoms with Crippen LogP contribution < -0.4 is 0 Å². The van der Waals surface area contributed by atoms with Crippen LogP contribution in [0.5, 0.6) is 0 Å². The highest BCUT2D eigenvalue weighted by Gasteiger charge is 2.32. The number of rotatable bonds is 4. The van der Waals surface area contributed by atoms with Gasteiger partial charge >= 0.3 is 5.97 Å². The first kappa shape index (κ1) is 17.0. The molecule has 0 aliphatic heterocycles. The van der Waals surface area contributed by atoms with Gasteiger partial charge in [-0.1, -0.05) is 17.7 Å². The van der Waals surface area contributed by atoms with E-state index in [1.165, 1.54) is 18.2 Å². The minimum Gasteiger partial charge on any atom is -0.477 e. The van der Waals surface area contributed by atoms with Crippen LogP contribution in [0.15, 0.2) is 36.5 Å². The Labute approximate surface area is 154 Å². The van der Waals surface area contributed by atoms with E-state index in [4.69, 9.17) is 16.3 Å². The summed E-state index contributed by atoms with van der Waals surface area (Å²) in [6.45, 7) is 0. The molecule has 1 N–H and O–H groups in total. The predicted octanol–water partition coefficient (Wildman–Crippen LogP) is 4.54. The van der Waals surface area contributed by atoms with Crippen LogP contribution in [0.2, 0.25) is 5.02 Å². The van der Waals surface area contributed by atoms with Crippen molar-refractivity contribution >= 4 is 28.6 Å². The lowest BCUT2D eigenvalue weighted by atomic mass is 9.89. The highest BCUT2D eigenvalue weighted by atomic mass is 35.5. The molecule has 134 valence electrons. The third kappa shape index (κ3) is 2.75. The molecule has 3 aromatic rings. The smallest absolute Gasteiger partial charge is 0.354 e. The maximum absolute atomic E-state index is 13.9. The van der Waals surface area contributed by atoms with Gasteiger partial charge in [0.2, 0.25) is 0 Å². The highest BCUT2D eigenvalue weighted by Crippen LogP contribution is 2.40. The van der Waals surface area contributed by atoms with Crippen LogP contribution >= 0.6 is 11.6 Å². The fourth-order valence-corrected chi connectivity index (χ4v) is 3.49. The molecule has 0 bridgehead atoms. The maximum Gasteiger partial charge on any atom is 0.354 e. The molecule has 1 aliphatic carbocycles. The molecule has 0 radical (unpaired) electrons. The summed E-state index contributed by atoms with van der Waals surface area (Å²) in [5, 5.41) is 10.1. The summed E-state index contributed by atoms with van der Waals surface area (Å²) in [6.07, 6.45) is 3.75. The molecular weight excluding hydrogens is 359 g/mol. The Morgan fingerprint density at radius 2 is 2.12 bits per heavy atom. The summed E-state index contributed by atoms with van der Waals surface area (Å²) in [5.41, 5.74) is 2.02. The number of benzene rings is 1. The van der Waals surface area contributed by atoms with E-state index < -0.39 is 11.8 Å². The van der Waals surface area contributed by atoms with Crippen molar-refractivity contribution in [2.45, 2.75) is 25.0 Å². The maximum atomic E-state index is 13.9. The van der Waals surface area contributed by atoms with Gasteiger partial charge < -0.3 is 14.4 Å². The summed E-state index contributed by atoms with van der Waals surface area (Å²) in [7, 11) is 1.68. The summed E-state index contributed by atoms with van der Waals surface area (Å²) >= 11 is 5.79. The van der Waals surface area contributed by atoms with Gasteiger partial charge in [-0.15, -0.1) is 0 Å². The molecule has 1 aromatic carbocycles. The number of hydrogen-bond donors (Lipinski definition) is 1. The second-order valence-corrected chi connectivity index (χ2v) is 6.84. The fraction of sp³-hybridized carbons (Fsp3) is 0.263. The molecule has 0 spiro atoms. The Morgan fingerprint density at radius 3 is 2.77 bits per heavy atom. The van der Waals surface area contributed by atoms with Crippen molar-refractivity contribution < 1.29 is 19.0 Å². The van der Waals surface area contributed by atoms with Gasteiger partial charge in [-0.05, 0) is 42.7 Å². The third-order valence-corrected chi connectivity index (χ3v) is 5.23. The Morgan fingerprint density at radius 1 is 1.35 bits per heavy atom. The average molecular weight is 375 g/mol. The van der Waals surface area contributed by atoms with Gasteiger partial charge in [-0.2, -0.15) is 0 Å². The van der Waals surface area contributed by atoms with E-state index in [0.29, 0.717) is 11.2 Å². The van der Waals surface area contributed by atoms with Gasteiger partial charge in [0, 0.05) is 30.3 Å². The van der Waals surface area contributed by atoms with Gasteiger partial charge in [-0.25, -0.2) is 14.2 Å². The number of ether oxygens (including phenoxy) is 1. The van der Waals surface area contributed by atoms with Crippen molar-refractivity contribution in [2.24, 2.45) is 0 Å². The molecule has 0 unspecified atom stereocenters. The predicted molar refractivity (Wildman–Crippen MR) is 96.2 cm³/mol. The van der Waals surface area contributed by atoms with Gasteiger partial charge in [0.05, 0.1) is 11.1 Å². The first-order chi connectivity index (χ1) is 12.5. The van der Waals surface area contributed by atoms with Crippen molar-refractivity contribution in [3.05, 3.63) is 53.1 Å². The number of carboxylic acid groups (broad SMARTS) is 1. The Kier molecular flexibility index (Phi) is 4.17. The number of aromatic nitrogens is 2. The number of aromatic carboxylic acids is 1. The van der Waals surface area contributed by atoms with Crippen LogP contribution in [-0.4, -0.2) is 33.8 Å². The Bertz CT molecular complexity index is 1010. The standard InChI is InChI=1S/C19H16ClFN2O3/c1-26-12-7-11(8-12)23-9-14(10-2-4-15(20)16(21)6-10)13-3-5-17(19(24)25)22-18(13)23/h2-6,9,11-12H,7-8H2,1H3,(H,24,25). The van der Waals surface area contributed by atoms with Crippen LogP contribution in [-0.2, 0) is 4.74 Å². The van der Waals surface area contributed by atoms with Crippen molar-refractivity contribution in [2.75, 3.05) is 7.11 Å². The molecule has 2 aromatic heterocycles. The molecule has 0 atom stereocenters. The van der Waals surface area contributed by atoms with Gasteiger partial charge in [0.1, 0.15) is 11.5 Å². The monoisotopic (exact) mass is 374 g/mol. The number of pyridine rings is 1. The summed E-state index contributed by atoms with van der Waals surface area (Å²) in [6, 6.07) is 7.99. The molecule has 0 saturated heterocycles. The minimum absolute atomic E-state index is 0.0201. The van der Waals surface area contributed by atoms with E-state index in [2.05, 4.69) is 4.98 Å². The number of halogens is 2. The zero-order valence-corrected chi connectivity index (χ0v) is 14.7. The molecule has 26 heavy (non-hydrogen) atoms. The largest absolute Gasteiger partial charge is 0.477 e. The van der Waals surface area contributed by atoms with Gasteiger partial charge in [0.25, 0.3) is 0 Å². The molecule has 7 heteroatoms. The quantitative estimate of drug-likeness (QED) is 0.728. The van der Waals surface area contributed by atoms with E-state index in [-0.39, 0.29) is 22.9 Å². The molecule has 4 rings (SSSR count). The lowest BCUT2D eigenvalue weighted by molar-refractivity contribution is 0.00735. The first-order valence-electron chi connectivity index (χ1n) is 8.21. The fourth-order valence-electron chi connectivity index (χ4n) is 3.37. The van der Waals surface area contributed by atoms with E-state index in [1.807, 2.05) is 10.8 Å².